The predicted molar refractivity (Wildman–Crippen MR) is 72.2 cm³/mol. The van der Waals surface area contributed by atoms with E-state index in [1.807, 2.05) is 44.3 Å². The van der Waals surface area contributed by atoms with Crippen LogP contribution >= 0.6 is 0 Å². The Bertz CT molecular complexity index is 341. The minimum absolute atomic E-state index is 0.0399. The first-order valence-electron chi connectivity index (χ1n) is 6.28. The molecular formula is C14H22N2O2. The molecule has 0 aromatic heterocycles. The Morgan fingerprint density at radius 1 is 1.33 bits per heavy atom. The fourth-order valence-electron chi connectivity index (χ4n) is 1.55. The Hall–Kier alpha value is -1.39. The fraction of sp³-hybridized carbons (Fsp3) is 0.500. The third-order valence-electron chi connectivity index (χ3n) is 2.49. The summed E-state index contributed by atoms with van der Waals surface area (Å²) in [4.78, 5) is 11.4. The second kappa shape index (κ2) is 8.66. The molecule has 0 aliphatic carbocycles. The maximum atomic E-state index is 11.4. The molecule has 0 radical (unpaired) electrons. The summed E-state index contributed by atoms with van der Waals surface area (Å²) in [5, 5.41) is 5.84. The van der Waals surface area contributed by atoms with E-state index in [4.69, 9.17) is 4.74 Å². The molecule has 1 aromatic carbocycles. The van der Waals surface area contributed by atoms with Crippen LogP contribution in [-0.2, 0) is 16.1 Å². The highest BCUT2D eigenvalue weighted by atomic mass is 16.5. The molecule has 4 heteroatoms. The number of benzene rings is 1. The lowest BCUT2D eigenvalue weighted by molar-refractivity contribution is -0.122. The zero-order valence-corrected chi connectivity index (χ0v) is 11.1. The van der Waals surface area contributed by atoms with Crippen LogP contribution in [0.2, 0.25) is 0 Å². The Labute approximate surface area is 109 Å². The van der Waals surface area contributed by atoms with Gasteiger partial charge in [0, 0.05) is 19.0 Å². The van der Waals surface area contributed by atoms with E-state index in [1.165, 1.54) is 0 Å². The van der Waals surface area contributed by atoms with Gasteiger partial charge in [0.2, 0.25) is 5.91 Å². The highest BCUT2D eigenvalue weighted by molar-refractivity contribution is 5.76. The number of carbonyl (C=O) groups excluding carboxylic acids is 1. The number of ether oxygens (including phenoxy) is 1. The minimum atomic E-state index is 0.0399. The van der Waals surface area contributed by atoms with Gasteiger partial charge in [-0.2, -0.15) is 0 Å². The first kappa shape index (κ1) is 14.7. The molecule has 1 aromatic rings. The highest BCUT2D eigenvalue weighted by Crippen LogP contribution is 2.00. The van der Waals surface area contributed by atoms with Crippen molar-refractivity contribution in [3.8, 4) is 0 Å². The van der Waals surface area contributed by atoms with E-state index in [0.717, 1.165) is 5.56 Å². The van der Waals surface area contributed by atoms with Crippen LogP contribution in [0.4, 0.5) is 0 Å². The summed E-state index contributed by atoms with van der Waals surface area (Å²) in [5.74, 6) is 0.0557. The molecule has 1 rings (SSSR count). The second-order valence-corrected chi connectivity index (χ2v) is 4.32. The van der Waals surface area contributed by atoms with Crippen LogP contribution in [0.25, 0.3) is 0 Å². The Kier molecular flexibility index (Phi) is 7.06. The zero-order valence-electron chi connectivity index (χ0n) is 11.1. The molecule has 18 heavy (non-hydrogen) atoms. The van der Waals surface area contributed by atoms with Crippen LogP contribution in [-0.4, -0.2) is 32.1 Å². The molecule has 100 valence electrons. The van der Waals surface area contributed by atoms with Crippen molar-refractivity contribution in [1.29, 1.82) is 0 Å². The van der Waals surface area contributed by atoms with E-state index in [0.29, 0.717) is 26.2 Å². The summed E-state index contributed by atoms with van der Waals surface area (Å²) >= 11 is 0. The van der Waals surface area contributed by atoms with E-state index < -0.39 is 0 Å². The molecular weight excluding hydrogens is 228 g/mol. The molecule has 0 spiro atoms. The van der Waals surface area contributed by atoms with Gasteiger partial charge in [-0.3, -0.25) is 4.79 Å². The Morgan fingerprint density at radius 3 is 2.72 bits per heavy atom. The molecule has 1 atom stereocenters. The molecule has 1 unspecified atom stereocenters. The quantitative estimate of drug-likeness (QED) is 0.731. The number of amides is 1. The molecule has 4 nitrogen and oxygen atoms in total. The molecule has 2 N–H and O–H groups in total. The Morgan fingerprint density at radius 2 is 2.06 bits per heavy atom. The van der Waals surface area contributed by atoms with E-state index in [-0.39, 0.29) is 11.9 Å². The van der Waals surface area contributed by atoms with Gasteiger partial charge in [0.05, 0.1) is 13.2 Å². The van der Waals surface area contributed by atoms with Gasteiger partial charge in [-0.25, -0.2) is 0 Å². The van der Waals surface area contributed by atoms with Crippen LogP contribution in [0.1, 0.15) is 18.9 Å². The topological polar surface area (TPSA) is 50.4 Å². The van der Waals surface area contributed by atoms with E-state index in [1.54, 1.807) is 0 Å². The number of rotatable bonds is 8. The smallest absolute Gasteiger partial charge is 0.221 e. The molecule has 0 heterocycles. The maximum Gasteiger partial charge on any atom is 0.221 e. The first-order valence-corrected chi connectivity index (χ1v) is 6.28. The largest absolute Gasteiger partial charge is 0.375 e. The number of hydrogen-bond donors (Lipinski definition) is 2. The van der Waals surface area contributed by atoms with Gasteiger partial charge in [-0.1, -0.05) is 30.3 Å². The van der Waals surface area contributed by atoms with Crippen LogP contribution in [0.15, 0.2) is 30.3 Å². The summed E-state index contributed by atoms with van der Waals surface area (Å²) in [5.41, 5.74) is 1.14. The fourth-order valence-corrected chi connectivity index (χ4v) is 1.55. The number of hydrogen-bond acceptors (Lipinski definition) is 3. The van der Waals surface area contributed by atoms with Gasteiger partial charge in [-0.15, -0.1) is 0 Å². The maximum absolute atomic E-state index is 11.4. The average Bonchev–Trinajstić information content (AvgIpc) is 2.37. The predicted octanol–water partition coefficient (Wildman–Crippen LogP) is 1.32. The van der Waals surface area contributed by atoms with Crippen molar-refractivity contribution >= 4 is 5.91 Å². The van der Waals surface area contributed by atoms with Gasteiger partial charge in [0.15, 0.2) is 0 Å². The average molecular weight is 250 g/mol. The lowest BCUT2D eigenvalue weighted by atomic mass is 10.2. The molecule has 0 saturated heterocycles. The number of nitrogens with one attached hydrogen (secondary N) is 2. The van der Waals surface area contributed by atoms with Crippen molar-refractivity contribution in [2.24, 2.45) is 0 Å². The molecule has 0 bridgehead atoms. The van der Waals surface area contributed by atoms with Crippen molar-refractivity contribution in [2.75, 3.05) is 20.2 Å². The summed E-state index contributed by atoms with van der Waals surface area (Å²) < 4.78 is 5.56. The van der Waals surface area contributed by atoms with E-state index in [2.05, 4.69) is 10.6 Å². The van der Waals surface area contributed by atoms with Crippen molar-refractivity contribution < 1.29 is 9.53 Å². The normalized spacial score (nSPS) is 12.1. The van der Waals surface area contributed by atoms with E-state index in [9.17, 15) is 4.79 Å². The zero-order chi connectivity index (χ0) is 13.2. The van der Waals surface area contributed by atoms with Crippen molar-refractivity contribution in [2.45, 2.75) is 26.0 Å². The molecule has 0 saturated carbocycles. The van der Waals surface area contributed by atoms with Crippen LogP contribution in [0.5, 0.6) is 0 Å². The van der Waals surface area contributed by atoms with Crippen molar-refractivity contribution in [3.63, 3.8) is 0 Å². The van der Waals surface area contributed by atoms with Crippen molar-refractivity contribution in [1.82, 2.24) is 10.6 Å². The van der Waals surface area contributed by atoms with E-state index >= 15 is 0 Å². The SMILES string of the molecule is CNCCC(=O)NC(C)COCc1ccccc1. The lowest BCUT2D eigenvalue weighted by Gasteiger charge is -2.14. The number of carbonyl (C=O) groups is 1. The standard InChI is InChI=1S/C14H22N2O2/c1-12(16-14(17)8-9-15-2)10-18-11-13-6-4-3-5-7-13/h3-7,12,15H,8-11H2,1-2H3,(H,16,17). The molecule has 0 fully saturated rings. The summed E-state index contributed by atoms with van der Waals surface area (Å²) in [6.07, 6.45) is 0.500. The van der Waals surface area contributed by atoms with Gasteiger partial charge >= 0.3 is 0 Å². The summed E-state index contributed by atoms with van der Waals surface area (Å²) in [6.45, 7) is 3.75. The van der Waals surface area contributed by atoms with Gasteiger partial charge in [0.25, 0.3) is 0 Å². The first-order chi connectivity index (χ1) is 8.72. The third-order valence-corrected chi connectivity index (χ3v) is 2.49. The van der Waals surface area contributed by atoms with Gasteiger partial charge < -0.3 is 15.4 Å². The highest BCUT2D eigenvalue weighted by Gasteiger charge is 2.06. The van der Waals surface area contributed by atoms with Crippen LogP contribution < -0.4 is 10.6 Å². The van der Waals surface area contributed by atoms with Gasteiger partial charge in [0.1, 0.15) is 0 Å². The van der Waals surface area contributed by atoms with Crippen LogP contribution in [0.3, 0.4) is 0 Å². The molecule has 1 amide bonds. The third kappa shape index (κ3) is 6.37. The minimum Gasteiger partial charge on any atom is -0.375 e. The van der Waals surface area contributed by atoms with Crippen molar-refractivity contribution in [3.05, 3.63) is 35.9 Å². The summed E-state index contributed by atoms with van der Waals surface area (Å²) in [7, 11) is 1.83. The van der Waals surface area contributed by atoms with Crippen LogP contribution in [0, 0.1) is 0 Å². The van der Waals surface area contributed by atoms with Gasteiger partial charge in [-0.05, 0) is 19.5 Å². The lowest BCUT2D eigenvalue weighted by Crippen LogP contribution is -2.37. The monoisotopic (exact) mass is 250 g/mol. The molecule has 0 aliphatic heterocycles. The molecule has 0 aliphatic rings. The second-order valence-electron chi connectivity index (χ2n) is 4.32. The Balaban J connectivity index is 2.13. The summed E-state index contributed by atoms with van der Waals surface area (Å²) in [6, 6.07) is 10.0.